The lowest BCUT2D eigenvalue weighted by atomic mass is 9.94. The summed E-state index contributed by atoms with van der Waals surface area (Å²) in [5, 5.41) is 8.71. The van der Waals surface area contributed by atoms with Gasteiger partial charge in [-0.3, -0.25) is 4.68 Å². The minimum absolute atomic E-state index is 0.0638. The number of pyridine rings is 1. The van der Waals surface area contributed by atoms with Crippen LogP contribution in [0.25, 0.3) is 48.6 Å². The number of aromatic nitrogens is 3. The number of thioether (sulfide) groups is 1. The number of hydrogen-bond acceptors (Lipinski definition) is 6. The lowest BCUT2D eigenvalue weighted by Gasteiger charge is -2.41. The molecule has 3 aromatic carbocycles. The summed E-state index contributed by atoms with van der Waals surface area (Å²) in [6.45, 7) is 25.6. The maximum absolute atomic E-state index is 17.0. The molecule has 0 unspecified atom stereocenters. The molecule has 0 spiro atoms. The fourth-order valence-corrected chi connectivity index (χ4v) is 8.81. The van der Waals surface area contributed by atoms with Crippen LogP contribution >= 0.6 is 23.4 Å². The minimum Gasteiger partial charge on any atom is -0.444 e. The van der Waals surface area contributed by atoms with Crippen molar-refractivity contribution < 1.29 is 18.3 Å². The summed E-state index contributed by atoms with van der Waals surface area (Å²) in [4.78, 5) is 23.9. The first-order chi connectivity index (χ1) is 24.5. The Bertz CT molecular complexity index is 2220. The number of nitrogens with zero attached hydrogens (tertiary/aromatic N) is 5. The summed E-state index contributed by atoms with van der Waals surface area (Å²) >= 11 is 8.46. The van der Waals surface area contributed by atoms with Crippen molar-refractivity contribution in [3.05, 3.63) is 70.9 Å². The number of likely N-dealkylation sites (tertiary alicyclic amines) is 1. The first-order valence-electron chi connectivity index (χ1n) is 17.7. The van der Waals surface area contributed by atoms with E-state index in [0.717, 1.165) is 16.3 Å². The maximum atomic E-state index is 17.0. The summed E-state index contributed by atoms with van der Waals surface area (Å²) in [7, 11) is -2.01. The van der Waals surface area contributed by atoms with Gasteiger partial charge < -0.3 is 14.1 Å². The van der Waals surface area contributed by atoms with Crippen molar-refractivity contribution in [2.24, 2.45) is 0 Å². The number of fused-ring (bicyclic) bond motifs is 4. The highest BCUT2D eigenvalue weighted by Crippen LogP contribution is 2.45. The molecule has 0 aliphatic carbocycles. The van der Waals surface area contributed by atoms with Gasteiger partial charge in [0.25, 0.3) is 0 Å². The van der Waals surface area contributed by atoms with Crippen LogP contribution in [0.2, 0.25) is 23.2 Å². The van der Waals surface area contributed by atoms with Gasteiger partial charge in [-0.05, 0) is 86.8 Å². The van der Waals surface area contributed by atoms with E-state index >= 15 is 4.39 Å². The molecule has 1 fully saturated rings. The van der Waals surface area contributed by atoms with E-state index in [1.54, 1.807) is 24.4 Å². The molecule has 0 bridgehead atoms. The van der Waals surface area contributed by atoms with Gasteiger partial charge in [-0.25, -0.2) is 19.0 Å². The third-order valence-electron chi connectivity index (χ3n) is 10.5. The van der Waals surface area contributed by atoms with Crippen molar-refractivity contribution in [1.82, 2.24) is 19.7 Å². The van der Waals surface area contributed by atoms with Crippen molar-refractivity contribution in [1.29, 1.82) is 0 Å². The first-order valence-corrected chi connectivity index (χ1v) is 22.2. The second-order valence-electron chi connectivity index (χ2n) is 16.1. The lowest BCUT2D eigenvalue weighted by Crippen LogP contribution is -2.49. The molecule has 1 aliphatic heterocycles. The van der Waals surface area contributed by atoms with Crippen LogP contribution < -0.4 is 0 Å². The molecule has 1 aliphatic rings. The van der Waals surface area contributed by atoms with Gasteiger partial charge in [0.15, 0.2) is 19.8 Å². The van der Waals surface area contributed by atoms with Crippen LogP contribution in [0.1, 0.15) is 66.8 Å². The number of piperidine rings is 1. The highest BCUT2D eigenvalue weighted by molar-refractivity contribution is 7.98. The number of benzene rings is 3. The standard InChI is InChI=1S/C40H47ClFN5O3SSi/c1-39(2,3)50-38(48)46-19-17-26(21-25(46)18-20-49-52(9,10)40(4,5)6)47-36-28-22-30(41)33(34(42)35(28)45-37(51-8)29(36)23-44-47)27-15-11-13-24-14-12-16-31(43-7)32(24)27/h11-16,22-23,25-26H,17-21H2,1-6,8-10H3/t25-,26+/m1/s1. The summed E-state index contributed by atoms with van der Waals surface area (Å²) in [5.74, 6) is -0.542. The van der Waals surface area contributed by atoms with Gasteiger partial charge in [-0.15, -0.1) is 11.8 Å². The van der Waals surface area contributed by atoms with E-state index in [4.69, 9.17) is 37.4 Å². The quantitative estimate of drug-likeness (QED) is 0.0934. The van der Waals surface area contributed by atoms with Crippen LogP contribution in [0.4, 0.5) is 14.9 Å². The number of ether oxygens (including phenoxy) is 1. The van der Waals surface area contributed by atoms with E-state index in [9.17, 15) is 4.79 Å². The zero-order chi connectivity index (χ0) is 37.7. The number of amides is 1. The predicted molar refractivity (Wildman–Crippen MR) is 214 cm³/mol. The molecule has 52 heavy (non-hydrogen) atoms. The Hall–Kier alpha value is -3.69. The Labute approximate surface area is 316 Å². The van der Waals surface area contributed by atoms with Gasteiger partial charge >= 0.3 is 6.09 Å². The number of carbonyl (C=O) groups is 1. The van der Waals surface area contributed by atoms with E-state index < -0.39 is 19.7 Å². The van der Waals surface area contributed by atoms with Gasteiger partial charge in [0.1, 0.15) is 16.1 Å². The summed E-state index contributed by atoms with van der Waals surface area (Å²) in [6.07, 6.45) is 5.31. The van der Waals surface area contributed by atoms with E-state index in [1.165, 1.54) is 11.8 Å². The molecule has 1 saturated heterocycles. The summed E-state index contributed by atoms with van der Waals surface area (Å²) in [6, 6.07) is 12.6. The van der Waals surface area contributed by atoms with Crippen molar-refractivity contribution in [3.63, 3.8) is 0 Å². The summed E-state index contributed by atoms with van der Waals surface area (Å²) < 4.78 is 31.4. The number of rotatable bonds is 7. The molecular weight excluding hydrogens is 713 g/mol. The van der Waals surface area contributed by atoms with E-state index in [0.29, 0.717) is 59.5 Å². The molecule has 0 N–H and O–H groups in total. The molecule has 2 atom stereocenters. The monoisotopic (exact) mass is 759 g/mol. The Kier molecular flexibility index (Phi) is 10.4. The Morgan fingerprint density at radius 3 is 2.50 bits per heavy atom. The van der Waals surface area contributed by atoms with Gasteiger partial charge in [0.2, 0.25) is 0 Å². The number of carbonyl (C=O) groups excluding carboxylic acids is 1. The molecule has 5 aromatic rings. The van der Waals surface area contributed by atoms with Gasteiger partial charge in [0.05, 0.1) is 34.7 Å². The van der Waals surface area contributed by atoms with Crippen LogP contribution in [-0.2, 0) is 9.16 Å². The van der Waals surface area contributed by atoms with E-state index in [1.807, 2.05) is 60.9 Å². The maximum Gasteiger partial charge on any atom is 0.410 e. The summed E-state index contributed by atoms with van der Waals surface area (Å²) in [5.41, 5.74) is 1.52. The van der Waals surface area contributed by atoms with Crippen molar-refractivity contribution in [3.8, 4) is 11.1 Å². The average Bonchev–Trinajstić information content (AvgIpc) is 3.52. The lowest BCUT2D eigenvalue weighted by molar-refractivity contribution is 0.00199. The third kappa shape index (κ3) is 7.15. The minimum atomic E-state index is -2.01. The first kappa shape index (κ1) is 38.0. The predicted octanol–water partition coefficient (Wildman–Crippen LogP) is 11.8. The fourth-order valence-electron chi connectivity index (χ4n) is 6.90. The zero-order valence-corrected chi connectivity index (χ0v) is 34.0. The van der Waals surface area contributed by atoms with E-state index in [2.05, 4.69) is 38.7 Å². The molecule has 6 rings (SSSR count). The normalized spacial score (nSPS) is 17.2. The molecule has 0 saturated carbocycles. The number of hydrogen-bond donors (Lipinski definition) is 0. The number of halogens is 2. The van der Waals surface area contributed by atoms with Crippen LogP contribution in [-0.4, -0.2) is 65.1 Å². The Morgan fingerprint density at radius 1 is 1.13 bits per heavy atom. The average molecular weight is 760 g/mol. The molecule has 3 heterocycles. The van der Waals surface area contributed by atoms with Crippen LogP contribution in [0.15, 0.2) is 53.7 Å². The van der Waals surface area contributed by atoms with Gasteiger partial charge in [0, 0.05) is 30.1 Å². The highest BCUT2D eigenvalue weighted by Gasteiger charge is 2.39. The third-order valence-corrected chi connectivity index (χ3v) is 16.1. The molecule has 0 radical (unpaired) electrons. The largest absolute Gasteiger partial charge is 0.444 e. The fraction of sp³-hybridized carbons (Fsp3) is 0.450. The van der Waals surface area contributed by atoms with Crippen LogP contribution in [0.3, 0.4) is 0 Å². The second-order valence-corrected chi connectivity index (χ2v) is 22.1. The van der Waals surface area contributed by atoms with Crippen molar-refractivity contribution >= 4 is 76.0 Å². The van der Waals surface area contributed by atoms with Crippen molar-refractivity contribution in [2.75, 3.05) is 19.4 Å². The molecule has 12 heteroatoms. The Morgan fingerprint density at radius 2 is 1.85 bits per heavy atom. The Balaban J connectivity index is 1.44. The van der Waals surface area contributed by atoms with Crippen LogP contribution in [0, 0.1) is 12.4 Å². The zero-order valence-electron chi connectivity index (χ0n) is 31.4. The molecule has 1 amide bonds. The smallest absolute Gasteiger partial charge is 0.410 e. The molecule has 2 aromatic heterocycles. The molecular formula is C40H47ClFN5O3SSi. The van der Waals surface area contributed by atoms with Crippen molar-refractivity contribution in [2.45, 2.75) is 102 Å². The molecule has 8 nitrogen and oxygen atoms in total. The highest BCUT2D eigenvalue weighted by atomic mass is 35.5. The van der Waals surface area contributed by atoms with Gasteiger partial charge in [-0.2, -0.15) is 5.10 Å². The SMILES string of the molecule is [C-]#[N+]c1cccc2cccc(-c3c(Cl)cc4c(nc(SC)c5cnn([C@H]6CCN(C(=O)OC(C)(C)C)[C@H](CCO[Si](C)(C)C(C)(C)C)C6)c54)c3F)c12. The topological polar surface area (TPSA) is 73.8 Å². The van der Waals surface area contributed by atoms with E-state index in [-0.39, 0.29) is 39.3 Å². The van der Waals surface area contributed by atoms with Crippen LogP contribution in [0.5, 0.6) is 0 Å². The van der Waals surface area contributed by atoms with Gasteiger partial charge in [-0.1, -0.05) is 68.8 Å². The second kappa shape index (κ2) is 14.3. The molecule has 274 valence electrons.